The molecule has 0 aliphatic heterocycles. The van der Waals surface area contributed by atoms with Crippen LogP contribution in [0.15, 0.2) is 48.5 Å². The van der Waals surface area contributed by atoms with Crippen LogP contribution in [0.1, 0.15) is 44.9 Å². The number of carbonyl (C=O) groups excluding carboxylic acids is 1. The van der Waals surface area contributed by atoms with E-state index in [1.165, 1.54) is 0 Å². The molecule has 1 aliphatic carbocycles. The first-order valence-corrected chi connectivity index (χ1v) is 11.8. The largest absolute Gasteiger partial charge is 0.497 e. The van der Waals surface area contributed by atoms with Crippen LogP contribution in [-0.2, 0) is 6.54 Å². The van der Waals surface area contributed by atoms with Crippen molar-refractivity contribution in [3.8, 4) is 23.1 Å². The Morgan fingerprint density at radius 3 is 2.44 bits per heavy atom. The van der Waals surface area contributed by atoms with Crippen molar-refractivity contribution < 1.29 is 14.3 Å². The van der Waals surface area contributed by atoms with Crippen molar-refractivity contribution in [1.82, 2.24) is 20.0 Å². The molecule has 180 valence electrons. The quantitative estimate of drug-likeness (QED) is 0.441. The smallest absolute Gasteiger partial charge is 0.318 e. The minimum Gasteiger partial charge on any atom is -0.497 e. The highest BCUT2D eigenvalue weighted by atomic mass is 35.5. The van der Waals surface area contributed by atoms with Crippen LogP contribution in [0.3, 0.4) is 0 Å². The second-order valence-corrected chi connectivity index (χ2v) is 10.0. The fourth-order valence-electron chi connectivity index (χ4n) is 3.68. The molecule has 1 aliphatic rings. The molecule has 8 heteroatoms. The maximum absolute atomic E-state index is 13.1. The highest BCUT2D eigenvalue weighted by Crippen LogP contribution is 2.36. The zero-order valence-corrected chi connectivity index (χ0v) is 21.0. The number of nitrogens with one attached hydrogen (secondary N) is 1. The van der Waals surface area contributed by atoms with E-state index in [4.69, 9.17) is 26.2 Å². The minimum absolute atomic E-state index is 0.0831. The molecule has 7 nitrogen and oxygen atoms in total. The number of hydrogen-bond donors (Lipinski definition) is 1. The minimum atomic E-state index is -0.327. The zero-order chi connectivity index (χ0) is 24.5. The average molecular weight is 483 g/mol. The molecule has 1 aromatic heterocycles. The number of benzene rings is 2. The number of amides is 2. The van der Waals surface area contributed by atoms with Gasteiger partial charge in [-0.05, 0) is 83.0 Å². The van der Waals surface area contributed by atoms with E-state index in [0.29, 0.717) is 23.2 Å². The van der Waals surface area contributed by atoms with Crippen LogP contribution in [0.5, 0.6) is 17.4 Å². The summed E-state index contributed by atoms with van der Waals surface area (Å²) in [4.78, 5) is 15.0. The van der Waals surface area contributed by atoms with Gasteiger partial charge in [-0.15, -0.1) is 0 Å². The Labute approximate surface area is 205 Å². The normalized spacial score (nSPS) is 13.5. The molecular formula is C26H31ClN4O3. The molecule has 0 unspecified atom stereocenters. The van der Waals surface area contributed by atoms with Crippen LogP contribution in [0, 0.1) is 6.92 Å². The van der Waals surface area contributed by atoms with Crippen molar-refractivity contribution in [2.24, 2.45) is 0 Å². The molecule has 4 rings (SSSR count). The fourth-order valence-corrected chi connectivity index (χ4v) is 3.86. The number of nitrogens with zero attached hydrogens (tertiary/aromatic N) is 3. The Morgan fingerprint density at radius 1 is 1.18 bits per heavy atom. The van der Waals surface area contributed by atoms with Crippen LogP contribution < -0.4 is 14.8 Å². The first-order valence-electron chi connectivity index (χ1n) is 11.4. The first kappa shape index (κ1) is 24.0. The Morgan fingerprint density at radius 2 is 1.85 bits per heavy atom. The summed E-state index contributed by atoms with van der Waals surface area (Å²) in [6, 6.07) is 15.0. The lowest BCUT2D eigenvalue weighted by Crippen LogP contribution is -2.49. The van der Waals surface area contributed by atoms with Gasteiger partial charge in [-0.25, -0.2) is 9.48 Å². The summed E-state index contributed by atoms with van der Waals surface area (Å²) in [5, 5.41) is 8.47. The molecular weight excluding hydrogens is 452 g/mol. The summed E-state index contributed by atoms with van der Waals surface area (Å²) in [6.45, 7) is 8.28. The Bertz CT molecular complexity index is 1160. The summed E-state index contributed by atoms with van der Waals surface area (Å²) in [5.74, 6) is 1.94. The molecule has 1 heterocycles. The molecule has 1 fully saturated rings. The molecule has 2 amide bonds. The maximum atomic E-state index is 13.1. The van der Waals surface area contributed by atoms with Gasteiger partial charge in [-0.3, -0.25) is 0 Å². The number of rotatable bonds is 7. The van der Waals surface area contributed by atoms with Gasteiger partial charge in [0.25, 0.3) is 0 Å². The molecule has 0 atom stereocenters. The number of methoxy groups -OCH3 is 1. The van der Waals surface area contributed by atoms with Gasteiger partial charge < -0.3 is 19.7 Å². The van der Waals surface area contributed by atoms with Crippen molar-refractivity contribution >= 4 is 17.6 Å². The third-order valence-electron chi connectivity index (χ3n) is 5.52. The molecule has 0 saturated heterocycles. The highest BCUT2D eigenvalue weighted by Gasteiger charge is 2.35. The van der Waals surface area contributed by atoms with Gasteiger partial charge in [-0.1, -0.05) is 17.7 Å². The molecule has 1 saturated carbocycles. The molecule has 2 aromatic carbocycles. The number of hydrogen-bond acceptors (Lipinski definition) is 4. The zero-order valence-electron chi connectivity index (χ0n) is 20.3. The third kappa shape index (κ3) is 5.65. The van der Waals surface area contributed by atoms with Crippen molar-refractivity contribution in [1.29, 1.82) is 0 Å². The highest BCUT2D eigenvalue weighted by molar-refractivity contribution is 6.30. The lowest BCUT2D eigenvalue weighted by atomic mass is 10.1. The van der Waals surface area contributed by atoms with Crippen molar-refractivity contribution in [2.45, 2.75) is 58.7 Å². The molecule has 34 heavy (non-hydrogen) atoms. The van der Waals surface area contributed by atoms with E-state index >= 15 is 0 Å². The standard InChI is InChI=1S/C26H31ClN4O3/c1-17-23(16-30(19-9-10-19)25(32)28-26(2,3)4)24(34-22-13-11-21(33-5)12-14-22)31(29-17)20-8-6-7-18(27)15-20/h6-8,11-15,19H,9-10,16H2,1-5H3,(H,28,32). The molecule has 0 bridgehead atoms. The molecule has 0 spiro atoms. The second-order valence-electron chi connectivity index (χ2n) is 9.58. The number of aryl methyl sites for hydroxylation is 1. The van der Waals surface area contributed by atoms with E-state index in [9.17, 15) is 4.79 Å². The average Bonchev–Trinajstić information content (AvgIpc) is 3.56. The number of halogens is 1. The Kier molecular flexibility index (Phi) is 6.75. The van der Waals surface area contributed by atoms with Gasteiger partial charge in [0.05, 0.1) is 30.6 Å². The molecule has 1 N–H and O–H groups in total. The Balaban J connectivity index is 1.74. The number of ether oxygens (including phenoxy) is 2. The third-order valence-corrected chi connectivity index (χ3v) is 5.76. The Hall–Kier alpha value is -3.19. The summed E-state index contributed by atoms with van der Waals surface area (Å²) < 4.78 is 13.4. The first-order chi connectivity index (χ1) is 16.1. The second kappa shape index (κ2) is 9.58. The van der Waals surface area contributed by atoms with Crippen LogP contribution in [-0.4, -0.2) is 39.4 Å². The monoisotopic (exact) mass is 482 g/mol. The van der Waals surface area contributed by atoms with E-state index in [1.54, 1.807) is 11.8 Å². The topological polar surface area (TPSA) is 68.6 Å². The summed E-state index contributed by atoms with van der Waals surface area (Å²) in [6.07, 6.45) is 1.99. The van der Waals surface area contributed by atoms with Crippen molar-refractivity contribution in [2.75, 3.05) is 7.11 Å². The van der Waals surface area contributed by atoms with Crippen LogP contribution >= 0.6 is 11.6 Å². The number of urea groups is 1. The van der Waals surface area contributed by atoms with Crippen LogP contribution in [0.4, 0.5) is 4.79 Å². The lowest BCUT2D eigenvalue weighted by molar-refractivity contribution is 0.182. The maximum Gasteiger partial charge on any atom is 0.318 e. The summed E-state index contributed by atoms with van der Waals surface area (Å²) in [5.41, 5.74) is 2.10. The van der Waals surface area contributed by atoms with Crippen LogP contribution in [0.25, 0.3) is 5.69 Å². The van der Waals surface area contributed by atoms with Gasteiger partial charge in [-0.2, -0.15) is 5.10 Å². The summed E-state index contributed by atoms with van der Waals surface area (Å²) in [7, 11) is 1.63. The number of carbonyl (C=O) groups is 1. The van der Waals surface area contributed by atoms with Gasteiger partial charge in [0.15, 0.2) is 0 Å². The van der Waals surface area contributed by atoms with Gasteiger partial charge in [0.2, 0.25) is 5.88 Å². The fraction of sp³-hybridized carbons (Fsp3) is 0.385. The van der Waals surface area contributed by atoms with E-state index in [0.717, 1.165) is 35.5 Å². The van der Waals surface area contributed by atoms with Gasteiger partial charge in [0.1, 0.15) is 11.5 Å². The van der Waals surface area contributed by atoms with E-state index in [1.807, 2.05) is 81.1 Å². The van der Waals surface area contributed by atoms with E-state index < -0.39 is 0 Å². The van der Waals surface area contributed by atoms with Crippen LogP contribution in [0.2, 0.25) is 5.02 Å². The van der Waals surface area contributed by atoms with Crippen molar-refractivity contribution in [3.05, 3.63) is 64.8 Å². The molecule has 3 aromatic rings. The van der Waals surface area contributed by atoms with E-state index in [2.05, 4.69) is 5.32 Å². The SMILES string of the molecule is COc1ccc(Oc2c(CN(C(=O)NC(C)(C)C)C3CC3)c(C)nn2-c2cccc(Cl)c2)cc1. The lowest BCUT2D eigenvalue weighted by Gasteiger charge is -2.28. The van der Waals surface area contributed by atoms with E-state index in [-0.39, 0.29) is 17.6 Å². The van der Waals surface area contributed by atoms with Gasteiger partial charge in [0, 0.05) is 16.6 Å². The predicted octanol–water partition coefficient (Wildman–Crippen LogP) is 6.11. The van der Waals surface area contributed by atoms with Gasteiger partial charge >= 0.3 is 6.03 Å². The number of aromatic nitrogens is 2. The predicted molar refractivity (Wildman–Crippen MR) is 133 cm³/mol. The molecule has 0 radical (unpaired) electrons. The van der Waals surface area contributed by atoms with Crippen molar-refractivity contribution in [3.63, 3.8) is 0 Å². The summed E-state index contributed by atoms with van der Waals surface area (Å²) >= 11 is 6.27.